The Kier molecular flexibility index (Phi) is 4.81. The van der Waals surface area contributed by atoms with Crippen LogP contribution in [0.5, 0.6) is 5.75 Å². The number of H-pyrrole nitrogens is 1. The molecule has 2 aromatic rings. The van der Waals surface area contributed by atoms with E-state index in [-0.39, 0.29) is 18.6 Å². The molecular formula is C19H25N3O3. The molecule has 1 aliphatic rings. The summed E-state index contributed by atoms with van der Waals surface area (Å²) >= 11 is 0. The third-order valence-electron chi connectivity index (χ3n) is 4.85. The number of aliphatic hydroxyl groups is 1. The Hall–Kier alpha value is -2.34. The molecule has 6 heteroatoms. The van der Waals surface area contributed by atoms with Crippen LogP contribution >= 0.6 is 0 Å². The number of carbonyl (C=O) groups is 1. The minimum Gasteiger partial charge on any atom is -0.487 e. The Labute approximate surface area is 147 Å². The Morgan fingerprint density at radius 2 is 2.12 bits per heavy atom. The normalized spacial score (nSPS) is 23.5. The number of benzene rings is 1. The van der Waals surface area contributed by atoms with E-state index in [1.165, 1.54) is 0 Å². The Balaban J connectivity index is 1.64. The number of hydrogen-bond acceptors (Lipinski definition) is 4. The first-order valence-corrected chi connectivity index (χ1v) is 8.59. The van der Waals surface area contributed by atoms with E-state index in [0.717, 1.165) is 22.7 Å². The average Bonchev–Trinajstić information content (AvgIpc) is 2.89. The number of likely N-dealkylation sites (tertiary alicyclic amines) is 1. The monoisotopic (exact) mass is 343 g/mol. The third kappa shape index (κ3) is 3.85. The molecule has 1 saturated heterocycles. The largest absolute Gasteiger partial charge is 0.487 e. The van der Waals surface area contributed by atoms with Crippen molar-refractivity contribution in [1.29, 1.82) is 0 Å². The van der Waals surface area contributed by atoms with Crippen molar-refractivity contribution < 1.29 is 14.6 Å². The lowest BCUT2D eigenvalue weighted by Crippen LogP contribution is -2.58. The second-order valence-corrected chi connectivity index (χ2v) is 6.97. The standard InChI is InChI=1S/C19H25N3O3/c1-13-16(14(2)21-20-13)11-18(23)22-10-9-17(19(3,24)12-22)25-15-7-5-4-6-8-15/h4-8,17,24H,9-12H2,1-3H3,(H,20,21)/t17-,19-/m0/s1. The van der Waals surface area contributed by atoms with E-state index in [1.807, 2.05) is 44.2 Å². The molecule has 1 aliphatic heterocycles. The molecule has 1 fully saturated rings. The number of nitrogens with one attached hydrogen (secondary N) is 1. The zero-order valence-electron chi connectivity index (χ0n) is 15.0. The maximum absolute atomic E-state index is 12.7. The summed E-state index contributed by atoms with van der Waals surface area (Å²) in [6.07, 6.45) is 0.558. The number of amides is 1. The number of β-amino-alcohol motifs (C(OH)–C–C–N with tert-alkyl or cyclic N) is 1. The van der Waals surface area contributed by atoms with E-state index < -0.39 is 5.60 Å². The number of carbonyl (C=O) groups excluding carboxylic acids is 1. The number of aromatic amines is 1. The van der Waals surface area contributed by atoms with Gasteiger partial charge in [-0.2, -0.15) is 5.10 Å². The zero-order chi connectivity index (χ0) is 18.0. The number of aryl methyl sites for hydroxylation is 2. The van der Waals surface area contributed by atoms with Crippen molar-refractivity contribution in [1.82, 2.24) is 15.1 Å². The molecule has 0 radical (unpaired) electrons. The molecule has 134 valence electrons. The van der Waals surface area contributed by atoms with E-state index >= 15 is 0 Å². The van der Waals surface area contributed by atoms with Gasteiger partial charge in [-0.05, 0) is 32.9 Å². The van der Waals surface area contributed by atoms with Crippen LogP contribution in [-0.4, -0.2) is 50.9 Å². The number of para-hydroxylation sites is 1. The van der Waals surface area contributed by atoms with Crippen LogP contribution in [0.3, 0.4) is 0 Å². The third-order valence-corrected chi connectivity index (χ3v) is 4.85. The van der Waals surface area contributed by atoms with Gasteiger partial charge in [0.2, 0.25) is 5.91 Å². The van der Waals surface area contributed by atoms with Gasteiger partial charge in [0.1, 0.15) is 17.5 Å². The average molecular weight is 343 g/mol. The zero-order valence-corrected chi connectivity index (χ0v) is 15.0. The Morgan fingerprint density at radius 3 is 2.72 bits per heavy atom. The Morgan fingerprint density at radius 1 is 1.40 bits per heavy atom. The molecule has 0 unspecified atom stereocenters. The fraction of sp³-hybridized carbons (Fsp3) is 0.474. The molecule has 0 bridgehead atoms. The second kappa shape index (κ2) is 6.88. The van der Waals surface area contributed by atoms with Gasteiger partial charge in [-0.15, -0.1) is 0 Å². The predicted molar refractivity (Wildman–Crippen MR) is 94.4 cm³/mol. The highest BCUT2D eigenvalue weighted by molar-refractivity contribution is 5.79. The van der Waals surface area contributed by atoms with E-state index in [9.17, 15) is 9.90 Å². The van der Waals surface area contributed by atoms with Crippen molar-refractivity contribution in [3.8, 4) is 5.75 Å². The lowest BCUT2D eigenvalue weighted by Gasteiger charge is -2.42. The molecular weight excluding hydrogens is 318 g/mol. The van der Waals surface area contributed by atoms with Crippen LogP contribution in [0, 0.1) is 13.8 Å². The fourth-order valence-electron chi connectivity index (χ4n) is 3.31. The minimum atomic E-state index is -1.09. The van der Waals surface area contributed by atoms with E-state index in [4.69, 9.17) is 4.74 Å². The van der Waals surface area contributed by atoms with E-state index in [2.05, 4.69) is 10.2 Å². The first-order chi connectivity index (χ1) is 11.9. The van der Waals surface area contributed by atoms with Crippen molar-refractivity contribution in [3.63, 3.8) is 0 Å². The smallest absolute Gasteiger partial charge is 0.227 e. The molecule has 0 saturated carbocycles. The maximum atomic E-state index is 12.7. The van der Waals surface area contributed by atoms with Gasteiger partial charge >= 0.3 is 0 Å². The van der Waals surface area contributed by atoms with E-state index in [0.29, 0.717) is 19.4 Å². The van der Waals surface area contributed by atoms with Crippen LogP contribution in [-0.2, 0) is 11.2 Å². The van der Waals surface area contributed by atoms with Gasteiger partial charge in [-0.1, -0.05) is 18.2 Å². The van der Waals surface area contributed by atoms with Gasteiger partial charge in [-0.25, -0.2) is 0 Å². The number of piperidine rings is 1. The fourth-order valence-corrected chi connectivity index (χ4v) is 3.31. The topological polar surface area (TPSA) is 78.5 Å². The van der Waals surface area contributed by atoms with Crippen LogP contribution in [0.25, 0.3) is 0 Å². The number of rotatable bonds is 4. The van der Waals surface area contributed by atoms with Crippen LogP contribution in [0.15, 0.2) is 30.3 Å². The summed E-state index contributed by atoms with van der Waals surface area (Å²) in [4.78, 5) is 14.4. The van der Waals surface area contributed by atoms with Crippen molar-refractivity contribution in [2.45, 2.75) is 45.3 Å². The van der Waals surface area contributed by atoms with Crippen molar-refractivity contribution in [3.05, 3.63) is 47.3 Å². The summed E-state index contributed by atoms with van der Waals surface area (Å²) in [6, 6.07) is 9.47. The van der Waals surface area contributed by atoms with Gasteiger partial charge in [0.05, 0.1) is 18.7 Å². The molecule has 1 aromatic carbocycles. The van der Waals surface area contributed by atoms with Gasteiger partial charge in [0.15, 0.2) is 0 Å². The lowest BCUT2D eigenvalue weighted by molar-refractivity contribution is -0.145. The molecule has 25 heavy (non-hydrogen) atoms. The van der Waals surface area contributed by atoms with Crippen molar-refractivity contribution in [2.24, 2.45) is 0 Å². The lowest BCUT2D eigenvalue weighted by atomic mass is 9.91. The van der Waals surface area contributed by atoms with Gasteiger partial charge in [-0.3, -0.25) is 9.89 Å². The molecule has 6 nitrogen and oxygen atoms in total. The highest BCUT2D eigenvalue weighted by Gasteiger charge is 2.41. The molecule has 2 atom stereocenters. The number of aromatic nitrogens is 2. The van der Waals surface area contributed by atoms with Gasteiger partial charge in [0.25, 0.3) is 0 Å². The van der Waals surface area contributed by atoms with E-state index in [1.54, 1.807) is 11.8 Å². The van der Waals surface area contributed by atoms with Gasteiger partial charge < -0.3 is 14.7 Å². The summed E-state index contributed by atoms with van der Waals surface area (Å²) in [6.45, 7) is 6.37. The highest BCUT2D eigenvalue weighted by atomic mass is 16.5. The molecule has 1 aromatic heterocycles. The summed E-state index contributed by atoms with van der Waals surface area (Å²) in [7, 11) is 0. The number of nitrogens with zero attached hydrogens (tertiary/aromatic N) is 2. The SMILES string of the molecule is Cc1n[nH]c(C)c1CC(=O)N1CC[C@H](Oc2ccccc2)[C@@](C)(O)C1. The quantitative estimate of drug-likeness (QED) is 0.890. The predicted octanol–water partition coefficient (Wildman–Crippen LogP) is 2.00. The first kappa shape index (κ1) is 17.5. The number of hydrogen-bond donors (Lipinski definition) is 2. The molecule has 2 heterocycles. The molecule has 2 N–H and O–H groups in total. The van der Waals surface area contributed by atoms with Crippen molar-refractivity contribution in [2.75, 3.05) is 13.1 Å². The van der Waals surface area contributed by atoms with Crippen LogP contribution in [0.4, 0.5) is 0 Å². The maximum Gasteiger partial charge on any atom is 0.227 e. The van der Waals surface area contributed by atoms with Crippen LogP contribution in [0.1, 0.15) is 30.3 Å². The second-order valence-electron chi connectivity index (χ2n) is 6.97. The van der Waals surface area contributed by atoms with Crippen LogP contribution < -0.4 is 4.74 Å². The molecule has 0 spiro atoms. The summed E-state index contributed by atoms with van der Waals surface area (Å²) in [5.74, 6) is 0.739. The van der Waals surface area contributed by atoms with Gasteiger partial charge in [0, 0.05) is 24.2 Å². The summed E-state index contributed by atoms with van der Waals surface area (Å²) in [5, 5.41) is 17.9. The van der Waals surface area contributed by atoms with Crippen molar-refractivity contribution >= 4 is 5.91 Å². The molecule has 1 amide bonds. The highest BCUT2D eigenvalue weighted by Crippen LogP contribution is 2.27. The summed E-state index contributed by atoms with van der Waals surface area (Å²) < 4.78 is 5.94. The van der Waals surface area contributed by atoms with Crippen LogP contribution in [0.2, 0.25) is 0 Å². The molecule has 3 rings (SSSR count). The minimum absolute atomic E-state index is 0.00559. The first-order valence-electron chi connectivity index (χ1n) is 8.59. The Bertz CT molecular complexity index is 720. The molecule has 0 aliphatic carbocycles. The number of ether oxygens (including phenoxy) is 1. The summed E-state index contributed by atoms with van der Waals surface area (Å²) in [5.41, 5.74) is 1.61.